The Bertz CT molecular complexity index is 2000. The molecular formula is C40H40N6O5. The lowest BCUT2D eigenvalue weighted by Gasteiger charge is -2.45. The monoisotopic (exact) mass is 684 g/mol. The summed E-state index contributed by atoms with van der Waals surface area (Å²) in [5.41, 5.74) is 5.44. The highest BCUT2D eigenvalue weighted by Crippen LogP contribution is 2.40. The topological polar surface area (TPSA) is 129 Å². The molecule has 8 rings (SSSR count). The van der Waals surface area contributed by atoms with Crippen LogP contribution in [0.3, 0.4) is 0 Å². The average Bonchev–Trinajstić information content (AvgIpc) is 3.50. The summed E-state index contributed by atoms with van der Waals surface area (Å²) in [5, 5.41) is 15.6. The Kier molecular flexibility index (Phi) is 9.18. The number of hydrogen-bond acceptors (Lipinski definition) is 9. The van der Waals surface area contributed by atoms with Crippen LogP contribution in [0.1, 0.15) is 58.8 Å². The number of rotatable bonds is 8. The number of fused-ring (bicyclic) bond motifs is 1. The third-order valence-corrected chi connectivity index (χ3v) is 10.3. The molecule has 3 fully saturated rings. The van der Waals surface area contributed by atoms with Crippen molar-refractivity contribution in [1.29, 1.82) is 0 Å². The molecule has 0 radical (unpaired) electrons. The zero-order valence-corrected chi connectivity index (χ0v) is 28.2. The number of likely N-dealkylation sites (tertiary alicyclic amines) is 1. The molecule has 3 N–H and O–H groups in total. The van der Waals surface area contributed by atoms with E-state index >= 15 is 0 Å². The molecule has 4 aromatic carbocycles. The summed E-state index contributed by atoms with van der Waals surface area (Å²) in [6.45, 7) is 2.74. The van der Waals surface area contributed by atoms with Crippen LogP contribution in [0.5, 0.6) is 0 Å². The third kappa shape index (κ3) is 6.81. The average molecular weight is 685 g/mol. The Balaban J connectivity index is 0.962. The normalized spacial score (nSPS) is 21.9. The smallest absolute Gasteiger partial charge is 0.275 e. The van der Waals surface area contributed by atoms with Gasteiger partial charge in [0.25, 0.3) is 5.91 Å². The highest BCUT2D eigenvalue weighted by molar-refractivity contribution is 6.03. The molecule has 260 valence electrons. The van der Waals surface area contributed by atoms with Gasteiger partial charge in [0.15, 0.2) is 6.29 Å². The summed E-state index contributed by atoms with van der Waals surface area (Å²) in [5.74, 6) is -0.243. The predicted molar refractivity (Wildman–Crippen MR) is 193 cm³/mol. The first kappa shape index (κ1) is 33.0. The molecule has 1 aromatic heterocycles. The molecule has 0 bridgehead atoms. The molecule has 1 spiro atoms. The molecule has 5 aromatic rings. The van der Waals surface area contributed by atoms with E-state index in [-0.39, 0.29) is 36.3 Å². The summed E-state index contributed by atoms with van der Waals surface area (Å²) in [6, 6.07) is 32.9. The first-order valence-corrected chi connectivity index (χ1v) is 17.4. The largest absolute Gasteiger partial charge is 0.392 e. The molecule has 0 unspecified atom stereocenters. The summed E-state index contributed by atoms with van der Waals surface area (Å²) >= 11 is 0. The Morgan fingerprint density at radius 3 is 2.33 bits per heavy atom. The standard InChI is InChI=1S/C40H40N6O5/c47-25-27-10-12-28(13-11-27)36-22-32(24-45-20-18-40(19-21-45)39(49)42-26-46(40)31-6-2-1-3-7-31)50-38(51-36)29-14-16-30(17-15-29)43-37(48)35-23-41-33-8-4-5-9-34(33)44-35/h1-17,23,32,36,38,47H,18-22,24-26H2,(H,42,49)(H,43,48)/t32-,36+,38+/m1/s1. The SMILES string of the molecule is O=C(Nc1ccc([C@H]2O[C@@H](CN3CCC4(CC3)C(=O)NCN4c3ccccc3)C[C@@H](c3ccc(CO)cc3)O2)cc1)c1cnc2ccccc2n1. The van der Waals surface area contributed by atoms with E-state index in [4.69, 9.17) is 9.47 Å². The van der Waals surface area contributed by atoms with Gasteiger partial charge in [0.1, 0.15) is 11.2 Å². The van der Waals surface area contributed by atoms with Gasteiger partial charge in [-0.3, -0.25) is 14.6 Å². The van der Waals surface area contributed by atoms with Crippen molar-refractivity contribution in [2.24, 2.45) is 0 Å². The molecular weight excluding hydrogens is 644 g/mol. The maximum Gasteiger partial charge on any atom is 0.275 e. The van der Waals surface area contributed by atoms with Gasteiger partial charge < -0.3 is 35.0 Å². The first-order valence-electron chi connectivity index (χ1n) is 17.4. The number of anilines is 2. The van der Waals surface area contributed by atoms with Crippen LogP contribution in [0.15, 0.2) is 109 Å². The number of piperidine rings is 1. The molecule has 0 saturated carbocycles. The molecule has 11 heteroatoms. The number of ether oxygens (including phenoxy) is 2. The number of benzene rings is 4. The lowest BCUT2D eigenvalue weighted by atomic mass is 9.85. The van der Waals surface area contributed by atoms with Gasteiger partial charge in [-0.25, -0.2) is 4.98 Å². The zero-order valence-electron chi connectivity index (χ0n) is 28.2. The van der Waals surface area contributed by atoms with Gasteiger partial charge in [0, 0.05) is 43.0 Å². The summed E-state index contributed by atoms with van der Waals surface area (Å²) in [6.07, 6.45) is 2.61. The van der Waals surface area contributed by atoms with Crippen LogP contribution in [-0.2, 0) is 20.9 Å². The molecule has 51 heavy (non-hydrogen) atoms. The van der Waals surface area contributed by atoms with E-state index < -0.39 is 11.8 Å². The number of carbonyl (C=O) groups is 2. The fraction of sp³-hybridized carbons (Fsp3) is 0.300. The molecule has 2 amide bonds. The van der Waals surface area contributed by atoms with Crippen LogP contribution in [0.4, 0.5) is 11.4 Å². The van der Waals surface area contributed by atoms with E-state index in [1.54, 1.807) is 0 Å². The van der Waals surface area contributed by atoms with Crippen molar-refractivity contribution in [2.45, 2.75) is 49.9 Å². The van der Waals surface area contributed by atoms with Crippen molar-refractivity contribution >= 4 is 34.2 Å². The summed E-state index contributed by atoms with van der Waals surface area (Å²) in [4.78, 5) is 39.7. The number of carbonyl (C=O) groups excluding carboxylic acids is 2. The molecule has 3 aliphatic rings. The van der Waals surface area contributed by atoms with Gasteiger partial charge in [-0.2, -0.15) is 0 Å². The van der Waals surface area contributed by atoms with Gasteiger partial charge in [-0.05, 0) is 60.4 Å². The van der Waals surface area contributed by atoms with Gasteiger partial charge >= 0.3 is 0 Å². The Hall–Kier alpha value is -5.20. The van der Waals surface area contributed by atoms with E-state index in [9.17, 15) is 14.7 Å². The summed E-state index contributed by atoms with van der Waals surface area (Å²) < 4.78 is 13.2. The number of nitrogens with one attached hydrogen (secondary N) is 2. The number of aliphatic hydroxyl groups excluding tert-OH is 1. The van der Waals surface area contributed by atoms with Gasteiger partial charge in [-0.1, -0.05) is 66.7 Å². The maximum atomic E-state index is 13.2. The van der Waals surface area contributed by atoms with Crippen LogP contribution in [0, 0.1) is 0 Å². The quantitative estimate of drug-likeness (QED) is 0.198. The first-order chi connectivity index (χ1) is 25.0. The predicted octanol–water partition coefficient (Wildman–Crippen LogP) is 5.35. The van der Waals surface area contributed by atoms with Crippen molar-refractivity contribution < 1.29 is 24.2 Å². The van der Waals surface area contributed by atoms with Crippen molar-refractivity contribution in [3.05, 3.63) is 132 Å². The van der Waals surface area contributed by atoms with Crippen LogP contribution < -0.4 is 15.5 Å². The van der Waals surface area contributed by atoms with E-state index in [0.717, 1.165) is 53.8 Å². The van der Waals surface area contributed by atoms with E-state index in [2.05, 4.69) is 42.5 Å². The van der Waals surface area contributed by atoms with E-state index in [1.807, 2.05) is 91.0 Å². The molecule has 0 aliphatic carbocycles. The van der Waals surface area contributed by atoms with Crippen molar-refractivity contribution in [3.8, 4) is 0 Å². The molecule has 3 saturated heterocycles. The minimum atomic E-state index is -0.632. The maximum absolute atomic E-state index is 13.2. The highest BCUT2D eigenvalue weighted by Gasteiger charge is 2.50. The third-order valence-electron chi connectivity index (χ3n) is 10.3. The molecule has 4 heterocycles. The number of para-hydroxylation sites is 3. The van der Waals surface area contributed by atoms with Crippen LogP contribution in [-0.4, -0.2) is 69.7 Å². The van der Waals surface area contributed by atoms with Crippen molar-refractivity contribution in [1.82, 2.24) is 20.2 Å². The van der Waals surface area contributed by atoms with E-state index in [0.29, 0.717) is 30.8 Å². The zero-order chi connectivity index (χ0) is 34.8. The van der Waals surface area contributed by atoms with Gasteiger partial charge in [0.05, 0.1) is 42.7 Å². The fourth-order valence-corrected chi connectivity index (χ4v) is 7.44. The molecule has 3 aliphatic heterocycles. The molecule has 11 nitrogen and oxygen atoms in total. The van der Waals surface area contributed by atoms with Crippen LogP contribution in [0.25, 0.3) is 11.0 Å². The second-order valence-electron chi connectivity index (χ2n) is 13.4. The second-order valence-corrected chi connectivity index (χ2v) is 13.4. The van der Waals surface area contributed by atoms with Crippen LogP contribution in [0.2, 0.25) is 0 Å². The van der Waals surface area contributed by atoms with E-state index in [1.165, 1.54) is 6.20 Å². The van der Waals surface area contributed by atoms with Crippen LogP contribution >= 0.6 is 0 Å². The number of aliphatic hydroxyl groups is 1. The van der Waals surface area contributed by atoms with Gasteiger partial charge in [0.2, 0.25) is 5.91 Å². The summed E-state index contributed by atoms with van der Waals surface area (Å²) in [7, 11) is 0. The minimum Gasteiger partial charge on any atom is -0.392 e. The fourth-order valence-electron chi connectivity index (χ4n) is 7.44. The number of nitrogens with zero attached hydrogens (tertiary/aromatic N) is 4. The number of hydrogen-bond donors (Lipinski definition) is 3. The Morgan fingerprint density at radius 2 is 1.59 bits per heavy atom. The van der Waals surface area contributed by atoms with Gasteiger partial charge in [-0.15, -0.1) is 0 Å². The lowest BCUT2D eigenvalue weighted by Crippen LogP contribution is -2.57. The van der Waals surface area contributed by atoms with Crippen molar-refractivity contribution in [2.75, 3.05) is 36.5 Å². The molecule has 3 atom stereocenters. The lowest BCUT2D eigenvalue weighted by molar-refractivity contribution is -0.253. The second kappa shape index (κ2) is 14.2. The van der Waals surface area contributed by atoms with Crippen molar-refractivity contribution in [3.63, 3.8) is 0 Å². The number of aromatic nitrogens is 2. The Morgan fingerprint density at radius 1 is 0.882 bits per heavy atom. The highest BCUT2D eigenvalue weighted by atomic mass is 16.7. The Labute approximate surface area is 296 Å². The minimum absolute atomic E-state index is 0.0212. The number of amides is 2.